The first kappa shape index (κ1) is 40.2. The number of rotatable bonds is 35. The summed E-state index contributed by atoms with van der Waals surface area (Å²) in [6.45, 7) is 9.40. The largest absolute Gasteiger partial charge is 0.256 e. The van der Waals surface area contributed by atoms with Crippen molar-refractivity contribution in [3.63, 3.8) is 0 Å². The van der Waals surface area contributed by atoms with Crippen LogP contribution in [0, 0.1) is 0 Å². The van der Waals surface area contributed by atoms with Crippen LogP contribution in [0.4, 0.5) is 0 Å². The van der Waals surface area contributed by atoms with Crippen LogP contribution in [0.3, 0.4) is 0 Å². The Morgan fingerprint density at radius 1 is 0.395 bits per heavy atom. The van der Waals surface area contributed by atoms with Crippen LogP contribution >= 0.6 is 0 Å². The van der Waals surface area contributed by atoms with E-state index in [9.17, 15) is 0 Å². The van der Waals surface area contributed by atoms with Gasteiger partial charge in [-0.2, -0.15) is 0 Å². The molecule has 2 nitrogen and oxygen atoms in total. The Labute approximate surface area is 272 Å². The van der Waals surface area contributed by atoms with Gasteiger partial charge in [-0.3, -0.25) is 0 Å². The predicted molar refractivity (Wildman–Crippen MR) is 193 cm³/mol. The summed E-state index contributed by atoms with van der Waals surface area (Å²) in [7, 11) is 0. The van der Waals surface area contributed by atoms with Crippen molar-refractivity contribution in [1.82, 2.24) is 4.57 Å². The van der Waals surface area contributed by atoms with Gasteiger partial charge in [0.25, 0.3) is 5.82 Å². The van der Waals surface area contributed by atoms with E-state index in [0.717, 1.165) is 0 Å². The molecule has 0 bridgehead atoms. The minimum atomic E-state index is 1.23. The van der Waals surface area contributed by atoms with E-state index in [0.29, 0.717) is 0 Å². The lowest BCUT2D eigenvalue weighted by Gasteiger charge is -2.07. The summed E-state index contributed by atoms with van der Waals surface area (Å²) in [6.07, 6.45) is 51.9. The monoisotopic (exact) mass is 602 g/mol. The van der Waals surface area contributed by atoms with Gasteiger partial charge in [0.15, 0.2) is 0 Å². The number of unbranched alkanes of at least 4 members (excludes halogenated alkanes) is 29. The molecule has 0 saturated carbocycles. The van der Waals surface area contributed by atoms with Gasteiger partial charge in [-0.05, 0) is 32.1 Å². The topological polar surface area (TPSA) is 8.81 Å². The molecule has 0 spiro atoms. The lowest BCUT2D eigenvalue weighted by Crippen LogP contribution is -2.37. The molecule has 0 aliphatic rings. The van der Waals surface area contributed by atoms with Gasteiger partial charge in [-0.1, -0.05) is 194 Å². The van der Waals surface area contributed by atoms with E-state index in [1.807, 2.05) is 0 Å². The maximum absolute atomic E-state index is 2.64. The molecule has 0 atom stereocenters. The van der Waals surface area contributed by atoms with Gasteiger partial charge in [0.05, 0.1) is 13.1 Å². The van der Waals surface area contributed by atoms with Gasteiger partial charge in [0.2, 0.25) is 0 Å². The smallest absolute Gasteiger partial charge is 0.234 e. The Hall–Kier alpha value is -0.790. The summed E-state index contributed by atoms with van der Waals surface area (Å²) in [6, 6.07) is 0. The van der Waals surface area contributed by atoms with Crippen LogP contribution in [0.15, 0.2) is 12.4 Å². The number of hydrogen-bond acceptors (Lipinski definition) is 0. The summed E-state index contributed by atoms with van der Waals surface area (Å²) in [5.41, 5.74) is 0. The fourth-order valence-electron chi connectivity index (χ4n) is 6.86. The maximum atomic E-state index is 2.64. The molecule has 2 heteroatoms. The third kappa shape index (κ3) is 25.1. The van der Waals surface area contributed by atoms with Gasteiger partial charge in [0, 0.05) is 6.42 Å². The van der Waals surface area contributed by atoms with Crippen LogP contribution in [0.1, 0.15) is 232 Å². The summed E-state index contributed by atoms with van der Waals surface area (Å²) in [4.78, 5) is 0. The highest BCUT2D eigenvalue weighted by atomic mass is 15.1. The third-order valence-electron chi connectivity index (χ3n) is 9.85. The molecular formula is C41H81N2+. The normalized spacial score (nSPS) is 11.6. The molecule has 0 aromatic carbocycles. The molecule has 0 radical (unpaired) electrons. The molecule has 43 heavy (non-hydrogen) atoms. The van der Waals surface area contributed by atoms with Gasteiger partial charge in [-0.25, -0.2) is 9.13 Å². The Bertz CT molecular complexity index is 663. The van der Waals surface area contributed by atoms with Crippen molar-refractivity contribution in [2.45, 2.75) is 246 Å². The molecule has 1 rings (SSSR count). The van der Waals surface area contributed by atoms with Crippen molar-refractivity contribution in [3.8, 4) is 0 Å². The Kier molecular flexibility index (Phi) is 30.5. The minimum Gasteiger partial charge on any atom is -0.234 e. The van der Waals surface area contributed by atoms with Gasteiger partial charge < -0.3 is 0 Å². The lowest BCUT2D eigenvalue weighted by atomic mass is 10.0. The zero-order valence-electron chi connectivity index (χ0n) is 30.3. The zero-order chi connectivity index (χ0) is 30.9. The van der Waals surface area contributed by atoms with Crippen LogP contribution in [0.5, 0.6) is 0 Å². The van der Waals surface area contributed by atoms with Crippen molar-refractivity contribution >= 4 is 0 Å². The van der Waals surface area contributed by atoms with Gasteiger partial charge >= 0.3 is 0 Å². The Morgan fingerprint density at radius 2 is 0.721 bits per heavy atom. The maximum Gasteiger partial charge on any atom is 0.256 e. The molecule has 0 N–H and O–H groups in total. The quantitative estimate of drug-likeness (QED) is 0.0540. The van der Waals surface area contributed by atoms with Crippen molar-refractivity contribution in [2.75, 3.05) is 0 Å². The molecule has 254 valence electrons. The molecule has 0 fully saturated rings. The molecule has 1 aromatic rings. The van der Waals surface area contributed by atoms with Crippen molar-refractivity contribution in [3.05, 3.63) is 18.2 Å². The second-order valence-corrected chi connectivity index (χ2v) is 14.1. The first-order valence-electron chi connectivity index (χ1n) is 20.4. The minimum absolute atomic E-state index is 1.23. The molecule has 1 heterocycles. The predicted octanol–water partition coefficient (Wildman–Crippen LogP) is 13.9. The van der Waals surface area contributed by atoms with E-state index in [1.165, 1.54) is 225 Å². The highest BCUT2D eigenvalue weighted by Crippen LogP contribution is 2.15. The third-order valence-corrected chi connectivity index (χ3v) is 9.85. The number of hydrogen-bond donors (Lipinski definition) is 0. The van der Waals surface area contributed by atoms with Gasteiger partial charge in [0.1, 0.15) is 12.4 Å². The number of nitrogens with zero attached hydrogens (tertiary/aromatic N) is 2. The van der Waals surface area contributed by atoms with Gasteiger partial charge in [-0.15, -0.1) is 0 Å². The van der Waals surface area contributed by atoms with Crippen LogP contribution < -0.4 is 4.57 Å². The highest BCUT2D eigenvalue weighted by molar-refractivity contribution is 4.84. The molecule has 0 unspecified atom stereocenters. The van der Waals surface area contributed by atoms with Crippen molar-refractivity contribution < 1.29 is 4.57 Å². The van der Waals surface area contributed by atoms with Crippen molar-refractivity contribution in [1.29, 1.82) is 0 Å². The molecule has 0 saturated heterocycles. The van der Waals surface area contributed by atoms with Crippen LogP contribution in [-0.2, 0) is 19.5 Å². The average Bonchev–Trinajstić information content (AvgIpc) is 3.40. The van der Waals surface area contributed by atoms with Crippen LogP contribution in [0.2, 0.25) is 0 Å². The summed E-state index contributed by atoms with van der Waals surface area (Å²) >= 11 is 0. The number of aromatic nitrogens is 2. The average molecular weight is 602 g/mol. The van der Waals surface area contributed by atoms with E-state index >= 15 is 0 Å². The fraction of sp³-hybridized carbons (Fsp3) is 0.927. The van der Waals surface area contributed by atoms with Crippen LogP contribution in [-0.4, -0.2) is 4.57 Å². The highest BCUT2D eigenvalue weighted by Gasteiger charge is 2.16. The summed E-state index contributed by atoms with van der Waals surface area (Å²) in [5.74, 6) is 1.62. The Balaban J connectivity index is 2.24. The summed E-state index contributed by atoms with van der Waals surface area (Å²) < 4.78 is 5.27. The molecule has 0 amide bonds. The molecule has 1 aromatic heterocycles. The first-order chi connectivity index (χ1) is 21.3. The second-order valence-electron chi connectivity index (χ2n) is 14.1. The van der Waals surface area contributed by atoms with E-state index in [4.69, 9.17) is 0 Å². The summed E-state index contributed by atoms with van der Waals surface area (Å²) in [5, 5.41) is 0. The van der Waals surface area contributed by atoms with E-state index in [2.05, 4.69) is 42.3 Å². The van der Waals surface area contributed by atoms with E-state index in [-0.39, 0.29) is 0 Å². The molecular weight excluding hydrogens is 520 g/mol. The second kappa shape index (κ2) is 32.6. The first-order valence-corrected chi connectivity index (χ1v) is 20.4. The standard InChI is InChI=1S/C41H81N2/c1-4-7-10-13-16-18-20-21-22-23-24-26-29-32-35-38-43-40-39-42(37-34-31-28-15-12-9-6-3)41(43)36-33-30-27-25-19-17-14-11-8-5-2/h39-40H,4-38H2,1-3H3/q+1. The Morgan fingerprint density at radius 3 is 1.12 bits per heavy atom. The zero-order valence-corrected chi connectivity index (χ0v) is 30.3. The van der Waals surface area contributed by atoms with Crippen LogP contribution in [0.25, 0.3) is 0 Å². The lowest BCUT2D eigenvalue weighted by molar-refractivity contribution is -0.704. The molecule has 0 aliphatic carbocycles. The SMILES string of the molecule is CCCCCCCCCCCCCCCCCn1cc[n+](CCCCCCCCC)c1CCCCCCCCCCCC. The number of imidazole rings is 1. The van der Waals surface area contributed by atoms with E-state index in [1.54, 1.807) is 5.82 Å². The fourth-order valence-corrected chi connectivity index (χ4v) is 6.86. The van der Waals surface area contributed by atoms with E-state index < -0.39 is 0 Å². The molecule has 0 aliphatic heterocycles. The van der Waals surface area contributed by atoms with Crippen molar-refractivity contribution in [2.24, 2.45) is 0 Å². The number of aryl methyl sites for hydroxylation is 2.